The first kappa shape index (κ1) is 17.7. The Balaban J connectivity index is 0. The quantitative estimate of drug-likeness (QED) is 0.496. The van der Waals surface area contributed by atoms with E-state index in [4.69, 9.17) is 11.8 Å². The summed E-state index contributed by atoms with van der Waals surface area (Å²) in [6, 6.07) is 8.30. The molecule has 0 aliphatic carbocycles. The highest BCUT2D eigenvalue weighted by molar-refractivity contribution is 6.21. The van der Waals surface area contributed by atoms with Crippen LogP contribution in [0.1, 0.15) is 5.56 Å². The summed E-state index contributed by atoms with van der Waals surface area (Å²) in [6.07, 6.45) is 0. The van der Waals surface area contributed by atoms with Crippen LogP contribution in [0.5, 0.6) is 0 Å². The Hall–Kier alpha value is -1.66. The second-order valence-electron chi connectivity index (χ2n) is 2.75. The topological polar surface area (TPSA) is 101 Å². The summed E-state index contributed by atoms with van der Waals surface area (Å²) in [5.41, 5.74) is 12.1. The van der Waals surface area contributed by atoms with E-state index in [0.29, 0.717) is 0 Å². The van der Waals surface area contributed by atoms with Gasteiger partial charge in [0.1, 0.15) is 0 Å². The van der Waals surface area contributed by atoms with Crippen molar-refractivity contribution >= 4 is 36.2 Å². The molecule has 1 aromatic carbocycles. The Kier molecular flexibility index (Phi) is 9.97. The Labute approximate surface area is 110 Å². The molecule has 0 radical (unpaired) electrons. The summed E-state index contributed by atoms with van der Waals surface area (Å²) in [7, 11) is 0. The SMILES string of the molecule is Cc1ccccc1.Cl.NC(=O)NN(Cl)C(N)=O. The number of amides is 4. The third-order valence-corrected chi connectivity index (χ3v) is 1.59. The molecule has 0 atom stereocenters. The highest BCUT2D eigenvalue weighted by atomic mass is 35.5. The third kappa shape index (κ3) is 10.6. The summed E-state index contributed by atoms with van der Waals surface area (Å²) >= 11 is 4.96. The number of aryl methyl sites for hydroxylation is 1. The van der Waals surface area contributed by atoms with Crippen molar-refractivity contribution in [3.05, 3.63) is 35.9 Å². The van der Waals surface area contributed by atoms with Crippen molar-refractivity contribution in [2.75, 3.05) is 0 Å². The molecule has 0 bridgehead atoms. The molecule has 0 spiro atoms. The molecule has 0 unspecified atom stereocenters. The van der Waals surface area contributed by atoms with Gasteiger partial charge in [-0.25, -0.2) is 15.0 Å². The minimum Gasteiger partial charge on any atom is -0.350 e. The number of carbonyl (C=O) groups is 2. The smallest absolute Gasteiger partial charge is 0.349 e. The number of benzene rings is 1. The number of nitrogens with zero attached hydrogens (tertiary/aromatic N) is 1. The predicted octanol–water partition coefficient (Wildman–Crippen LogP) is 1.52. The summed E-state index contributed by atoms with van der Waals surface area (Å²) in [5.74, 6) is 0. The first-order chi connectivity index (χ1) is 7.43. The van der Waals surface area contributed by atoms with Gasteiger partial charge in [-0.05, 0) is 6.92 Å². The molecule has 1 aromatic rings. The van der Waals surface area contributed by atoms with Crippen molar-refractivity contribution in [3.8, 4) is 0 Å². The van der Waals surface area contributed by atoms with E-state index in [2.05, 4.69) is 30.5 Å². The summed E-state index contributed by atoms with van der Waals surface area (Å²) in [6.45, 7) is 2.08. The summed E-state index contributed by atoms with van der Waals surface area (Å²) in [5, 5.41) is 0. The van der Waals surface area contributed by atoms with Gasteiger partial charge < -0.3 is 11.5 Å². The van der Waals surface area contributed by atoms with E-state index >= 15 is 0 Å². The molecule has 0 aromatic heterocycles. The zero-order chi connectivity index (χ0) is 12.6. The van der Waals surface area contributed by atoms with Crippen LogP contribution in [0, 0.1) is 6.92 Å². The average molecular weight is 281 g/mol. The molecule has 0 heterocycles. The van der Waals surface area contributed by atoms with Crippen LogP contribution in [-0.2, 0) is 0 Å². The fourth-order valence-corrected chi connectivity index (χ4v) is 0.770. The molecule has 5 N–H and O–H groups in total. The second-order valence-corrected chi connectivity index (χ2v) is 3.09. The molecule has 1 rings (SSSR count). The van der Waals surface area contributed by atoms with Gasteiger partial charge in [0.25, 0.3) is 0 Å². The minimum atomic E-state index is -1.00. The fourth-order valence-electron chi connectivity index (χ4n) is 0.686. The Morgan fingerprint density at radius 3 is 1.88 bits per heavy atom. The van der Waals surface area contributed by atoms with Crippen molar-refractivity contribution in [1.82, 2.24) is 9.95 Å². The molecule has 8 heteroatoms. The van der Waals surface area contributed by atoms with Crippen LogP contribution < -0.4 is 16.9 Å². The number of nitrogens with two attached hydrogens (primary N) is 2. The van der Waals surface area contributed by atoms with E-state index < -0.39 is 12.1 Å². The van der Waals surface area contributed by atoms with Crippen molar-refractivity contribution in [1.29, 1.82) is 0 Å². The lowest BCUT2D eigenvalue weighted by Gasteiger charge is -2.08. The molecule has 0 aliphatic rings. The fraction of sp³-hybridized carbons (Fsp3) is 0.111. The highest BCUT2D eigenvalue weighted by Crippen LogP contribution is 1.92. The van der Waals surface area contributed by atoms with E-state index in [9.17, 15) is 9.59 Å². The van der Waals surface area contributed by atoms with Crippen molar-refractivity contribution in [2.45, 2.75) is 6.92 Å². The van der Waals surface area contributed by atoms with Gasteiger partial charge in [-0.3, -0.25) is 0 Å². The standard InChI is InChI=1S/C7H8.C2H5ClN4O2.ClH/c1-7-5-3-2-4-6-7;3-7(2(5)9)6-1(4)8;/h2-6H,1H3;(H2,5,9)(H3,4,6,8);1H. The van der Waals surface area contributed by atoms with Crippen LogP contribution in [0.3, 0.4) is 0 Å². The lowest BCUT2D eigenvalue weighted by atomic mass is 10.2. The van der Waals surface area contributed by atoms with Crippen LogP contribution in [0.15, 0.2) is 30.3 Å². The maximum absolute atomic E-state index is 9.98. The lowest BCUT2D eigenvalue weighted by Crippen LogP contribution is -2.44. The molecule has 0 fully saturated rings. The number of halogens is 2. The number of rotatable bonds is 0. The van der Waals surface area contributed by atoms with Gasteiger partial charge in [-0.2, -0.15) is 0 Å². The normalized spacial score (nSPS) is 7.88. The Bertz CT molecular complexity index is 348. The zero-order valence-electron chi connectivity index (χ0n) is 9.09. The van der Waals surface area contributed by atoms with E-state index in [1.165, 1.54) is 5.56 Å². The van der Waals surface area contributed by atoms with Gasteiger partial charge in [0, 0.05) is 11.8 Å². The predicted molar refractivity (Wildman–Crippen MR) is 68.4 cm³/mol. The van der Waals surface area contributed by atoms with Crippen LogP contribution in [0.25, 0.3) is 0 Å². The minimum absolute atomic E-state index is 0. The molecular formula is C9H14Cl2N4O2. The van der Waals surface area contributed by atoms with Crippen molar-refractivity contribution < 1.29 is 9.59 Å². The number of urea groups is 2. The average Bonchev–Trinajstić information content (AvgIpc) is 2.18. The van der Waals surface area contributed by atoms with Gasteiger partial charge in [0.15, 0.2) is 0 Å². The Morgan fingerprint density at radius 1 is 1.24 bits per heavy atom. The molecule has 0 aliphatic heterocycles. The van der Waals surface area contributed by atoms with Gasteiger partial charge in [-0.15, -0.1) is 16.9 Å². The number of hydrogen-bond donors (Lipinski definition) is 3. The number of nitrogens with one attached hydrogen (secondary N) is 1. The molecule has 6 nitrogen and oxygen atoms in total. The lowest BCUT2D eigenvalue weighted by molar-refractivity contribution is 0.212. The van der Waals surface area contributed by atoms with Crippen LogP contribution in [0.4, 0.5) is 9.59 Å². The first-order valence-corrected chi connectivity index (χ1v) is 4.60. The van der Waals surface area contributed by atoms with Crippen LogP contribution >= 0.6 is 24.2 Å². The van der Waals surface area contributed by atoms with Gasteiger partial charge in [0.05, 0.1) is 0 Å². The van der Waals surface area contributed by atoms with Gasteiger partial charge in [0.2, 0.25) is 0 Å². The molecule has 17 heavy (non-hydrogen) atoms. The van der Waals surface area contributed by atoms with Crippen molar-refractivity contribution in [2.24, 2.45) is 11.5 Å². The maximum Gasteiger partial charge on any atom is 0.349 e. The molecule has 0 saturated heterocycles. The van der Waals surface area contributed by atoms with Crippen LogP contribution in [0.2, 0.25) is 0 Å². The molecule has 96 valence electrons. The van der Waals surface area contributed by atoms with E-state index in [1.54, 1.807) is 5.43 Å². The largest absolute Gasteiger partial charge is 0.350 e. The maximum atomic E-state index is 9.98. The number of carbonyl (C=O) groups excluding carboxylic acids is 2. The zero-order valence-corrected chi connectivity index (χ0v) is 10.7. The molecular weight excluding hydrogens is 267 g/mol. The van der Waals surface area contributed by atoms with Crippen molar-refractivity contribution in [3.63, 3.8) is 0 Å². The highest BCUT2D eigenvalue weighted by Gasteiger charge is 2.05. The Morgan fingerprint density at radius 2 is 1.71 bits per heavy atom. The van der Waals surface area contributed by atoms with E-state index in [-0.39, 0.29) is 16.9 Å². The van der Waals surface area contributed by atoms with E-state index in [1.807, 2.05) is 18.2 Å². The molecule has 4 amide bonds. The number of hydrazine groups is 1. The monoisotopic (exact) mass is 280 g/mol. The number of hydrogen-bond acceptors (Lipinski definition) is 2. The van der Waals surface area contributed by atoms with E-state index in [0.717, 1.165) is 0 Å². The molecule has 0 saturated carbocycles. The third-order valence-electron chi connectivity index (χ3n) is 1.34. The first-order valence-electron chi connectivity index (χ1n) is 4.26. The van der Waals surface area contributed by atoms with Crippen LogP contribution in [-0.4, -0.2) is 16.6 Å². The second kappa shape index (κ2) is 9.56. The van der Waals surface area contributed by atoms with Gasteiger partial charge in [-0.1, -0.05) is 35.9 Å². The van der Waals surface area contributed by atoms with Gasteiger partial charge >= 0.3 is 12.1 Å². The summed E-state index contributed by atoms with van der Waals surface area (Å²) < 4.78 is 0.252. The number of primary amides is 2. The summed E-state index contributed by atoms with van der Waals surface area (Å²) in [4.78, 5) is 19.9.